The maximum Gasteiger partial charge on any atom is 0.316 e. The average Bonchev–Trinajstić information content (AvgIpc) is 2.83. The van der Waals surface area contributed by atoms with Gasteiger partial charge in [-0.2, -0.15) is 5.26 Å². The van der Waals surface area contributed by atoms with E-state index in [1.54, 1.807) is 13.8 Å². The van der Waals surface area contributed by atoms with Crippen molar-refractivity contribution >= 4 is 29.5 Å². The lowest BCUT2D eigenvalue weighted by atomic mass is 10.2. The molecule has 1 amide bonds. The minimum Gasteiger partial charge on any atom is -0.455 e. The van der Waals surface area contributed by atoms with Gasteiger partial charge in [0.2, 0.25) is 0 Å². The zero-order chi connectivity index (χ0) is 19.3. The van der Waals surface area contributed by atoms with E-state index in [-0.39, 0.29) is 5.75 Å². The second-order valence-electron chi connectivity index (χ2n) is 5.67. The zero-order valence-corrected chi connectivity index (χ0v) is 15.8. The number of esters is 1. The quantitative estimate of drug-likeness (QED) is 0.452. The number of aryl methyl sites for hydroxylation is 3. The Hall–Kier alpha value is -2.86. The molecule has 0 saturated carbocycles. The number of rotatable bonds is 6. The third kappa shape index (κ3) is 5.07. The predicted octanol–water partition coefficient (Wildman–Crippen LogP) is 2.18. The number of thioether (sulfide) groups is 1. The van der Waals surface area contributed by atoms with Crippen molar-refractivity contribution in [3.8, 4) is 6.07 Å². The highest BCUT2D eigenvalue weighted by atomic mass is 32.2. The maximum absolute atomic E-state index is 11.9. The standard InChI is InChI=1S/C17H19N5O3S/c1-9-5-10(2)20-17(19-9)26-8-15(24)25-7-14(23)22-16-13(6-18)11(3)12(4)21-16/h5,21H,7-8H2,1-4H3,(H,22,23). The highest BCUT2D eigenvalue weighted by molar-refractivity contribution is 7.99. The summed E-state index contributed by atoms with van der Waals surface area (Å²) in [4.78, 5) is 35.1. The number of aromatic nitrogens is 3. The van der Waals surface area contributed by atoms with E-state index in [1.807, 2.05) is 26.0 Å². The number of amides is 1. The molecule has 2 aromatic heterocycles. The summed E-state index contributed by atoms with van der Waals surface area (Å²) in [6, 6.07) is 3.87. The first kappa shape index (κ1) is 19.5. The van der Waals surface area contributed by atoms with E-state index < -0.39 is 18.5 Å². The summed E-state index contributed by atoms with van der Waals surface area (Å²) in [5.41, 5.74) is 3.56. The van der Waals surface area contributed by atoms with Crippen LogP contribution >= 0.6 is 11.8 Å². The van der Waals surface area contributed by atoms with Crippen LogP contribution in [0.1, 0.15) is 28.2 Å². The lowest BCUT2D eigenvalue weighted by Gasteiger charge is -2.06. The monoisotopic (exact) mass is 373 g/mol. The third-order valence-corrected chi connectivity index (χ3v) is 4.34. The van der Waals surface area contributed by atoms with Crippen molar-refractivity contribution in [3.05, 3.63) is 34.3 Å². The number of hydrogen-bond donors (Lipinski definition) is 2. The Morgan fingerprint density at radius 3 is 2.54 bits per heavy atom. The van der Waals surface area contributed by atoms with E-state index in [0.29, 0.717) is 16.5 Å². The van der Waals surface area contributed by atoms with Gasteiger partial charge in [0.25, 0.3) is 5.91 Å². The molecule has 0 aromatic carbocycles. The SMILES string of the molecule is Cc1cc(C)nc(SCC(=O)OCC(=O)Nc2[nH]c(C)c(C)c2C#N)n1. The largest absolute Gasteiger partial charge is 0.455 e. The number of nitrogens with one attached hydrogen (secondary N) is 2. The smallest absolute Gasteiger partial charge is 0.316 e. The number of anilines is 1. The van der Waals surface area contributed by atoms with E-state index in [4.69, 9.17) is 10.00 Å². The predicted molar refractivity (Wildman–Crippen MR) is 96.8 cm³/mol. The molecule has 2 N–H and O–H groups in total. The van der Waals surface area contributed by atoms with E-state index in [9.17, 15) is 9.59 Å². The molecule has 26 heavy (non-hydrogen) atoms. The number of nitriles is 1. The third-order valence-electron chi connectivity index (χ3n) is 3.52. The van der Waals surface area contributed by atoms with Gasteiger partial charge in [-0.15, -0.1) is 0 Å². The zero-order valence-electron chi connectivity index (χ0n) is 15.0. The van der Waals surface area contributed by atoms with Gasteiger partial charge >= 0.3 is 5.97 Å². The van der Waals surface area contributed by atoms with Crippen LogP contribution in [-0.2, 0) is 14.3 Å². The molecule has 0 spiro atoms. The Balaban J connectivity index is 1.83. The van der Waals surface area contributed by atoms with Crippen LogP contribution in [0.15, 0.2) is 11.2 Å². The molecule has 0 aliphatic carbocycles. The molecule has 2 rings (SSSR count). The Bertz CT molecular complexity index is 865. The van der Waals surface area contributed by atoms with E-state index in [2.05, 4.69) is 20.3 Å². The Kier molecular flexibility index (Phi) is 6.36. The van der Waals surface area contributed by atoms with Gasteiger partial charge in [0.15, 0.2) is 11.8 Å². The average molecular weight is 373 g/mol. The summed E-state index contributed by atoms with van der Waals surface area (Å²) >= 11 is 1.15. The van der Waals surface area contributed by atoms with Crippen molar-refractivity contribution in [3.63, 3.8) is 0 Å². The van der Waals surface area contributed by atoms with Gasteiger partial charge in [-0.05, 0) is 39.3 Å². The molecule has 136 valence electrons. The summed E-state index contributed by atoms with van der Waals surface area (Å²) < 4.78 is 4.94. The minimum atomic E-state index is -0.549. The van der Waals surface area contributed by atoms with Gasteiger partial charge in [0.1, 0.15) is 11.9 Å². The van der Waals surface area contributed by atoms with Crippen LogP contribution in [0.2, 0.25) is 0 Å². The fourth-order valence-electron chi connectivity index (χ4n) is 2.20. The maximum atomic E-state index is 11.9. The number of ether oxygens (including phenoxy) is 1. The molecule has 0 atom stereocenters. The Morgan fingerprint density at radius 1 is 1.27 bits per heavy atom. The molecule has 0 aliphatic rings. The lowest BCUT2D eigenvalue weighted by molar-refractivity contribution is -0.144. The second kappa shape index (κ2) is 8.49. The molecule has 2 aromatic rings. The van der Waals surface area contributed by atoms with Gasteiger partial charge in [0.05, 0.1) is 11.3 Å². The van der Waals surface area contributed by atoms with Crippen LogP contribution in [0.3, 0.4) is 0 Å². The van der Waals surface area contributed by atoms with Crippen LogP contribution in [0.5, 0.6) is 0 Å². The number of aromatic amines is 1. The summed E-state index contributed by atoms with van der Waals surface area (Å²) in [6.07, 6.45) is 0. The van der Waals surface area contributed by atoms with E-state index in [0.717, 1.165) is 34.4 Å². The number of hydrogen-bond acceptors (Lipinski definition) is 7. The van der Waals surface area contributed by atoms with Crippen molar-refractivity contribution < 1.29 is 14.3 Å². The van der Waals surface area contributed by atoms with Gasteiger partial charge in [-0.3, -0.25) is 9.59 Å². The number of H-pyrrole nitrogens is 1. The van der Waals surface area contributed by atoms with Crippen LogP contribution < -0.4 is 5.32 Å². The fourth-order valence-corrected chi connectivity index (χ4v) is 2.94. The first-order valence-electron chi connectivity index (χ1n) is 7.80. The number of nitrogens with zero attached hydrogens (tertiary/aromatic N) is 3. The van der Waals surface area contributed by atoms with Gasteiger partial charge in [-0.25, -0.2) is 9.97 Å². The van der Waals surface area contributed by atoms with Crippen molar-refractivity contribution in [1.29, 1.82) is 5.26 Å². The van der Waals surface area contributed by atoms with Gasteiger partial charge in [-0.1, -0.05) is 11.8 Å². The van der Waals surface area contributed by atoms with Gasteiger partial charge < -0.3 is 15.0 Å². The molecule has 0 bridgehead atoms. The van der Waals surface area contributed by atoms with Crippen molar-refractivity contribution in [2.75, 3.05) is 17.7 Å². The molecular weight excluding hydrogens is 354 g/mol. The molecule has 0 saturated heterocycles. The molecule has 0 fully saturated rings. The highest BCUT2D eigenvalue weighted by Gasteiger charge is 2.15. The topological polar surface area (TPSA) is 121 Å². The van der Waals surface area contributed by atoms with Crippen LogP contribution in [0.25, 0.3) is 0 Å². The first-order chi connectivity index (χ1) is 12.3. The van der Waals surface area contributed by atoms with E-state index in [1.165, 1.54) is 0 Å². The molecular formula is C17H19N5O3S. The number of carbonyl (C=O) groups is 2. The summed E-state index contributed by atoms with van der Waals surface area (Å²) in [5.74, 6) is -0.766. The lowest BCUT2D eigenvalue weighted by Crippen LogP contribution is -2.22. The van der Waals surface area contributed by atoms with Crippen molar-refractivity contribution in [2.24, 2.45) is 0 Å². The Labute approximate surface area is 155 Å². The Morgan fingerprint density at radius 2 is 1.92 bits per heavy atom. The van der Waals surface area contributed by atoms with Gasteiger partial charge in [0, 0.05) is 17.1 Å². The van der Waals surface area contributed by atoms with Crippen molar-refractivity contribution in [2.45, 2.75) is 32.9 Å². The van der Waals surface area contributed by atoms with Crippen LogP contribution in [0.4, 0.5) is 5.82 Å². The summed E-state index contributed by atoms with van der Waals surface area (Å²) in [6.45, 7) is 6.85. The van der Waals surface area contributed by atoms with E-state index >= 15 is 0 Å². The number of carbonyl (C=O) groups excluding carboxylic acids is 2. The fraction of sp³-hybridized carbons (Fsp3) is 0.353. The summed E-state index contributed by atoms with van der Waals surface area (Å²) in [5, 5.41) is 12.2. The molecule has 2 heterocycles. The molecule has 0 radical (unpaired) electrons. The summed E-state index contributed by atoms with van der Waals surface area (Å²) in [7, 11) is 0. The van der Waals surface area contributed by atoms with Crippen molar-refractivity contribution in [1.82, 2.24) is 15.0 Å². The minimum absolute atomic E-state index is 0.000334. The van der Waals surface area contributed by atoms with Crippen LogP contribution in [-0.4, -0.2) is 39.2 Å². The molecule has 0 aliphatic heterocycles. The molecule has 9 heteroatoms. The molecule has 8 nitrogen and oxygen atoms in total. The first-order valence-corrected chi connectivity index (χ1v) is 8.78. The molecule has 0 unspecified atom stereocenters. The van der Waals surface area contributed by atoms with Crippen LogP contribution in [0, 0.1) is 39.0 Å². The normalized spacial score (nSPS) is 10.3. The highest BCUT2D eigenvalue weighted by Crippen LogP contribution is 2.21. The second-order valence-corrected chi connectivity index (χ2v) is 6.61.